The molecule has 0 aliphatic carbocycles. The molecule has 1 N–H and O–H groups in total. The lowest BCUT2D eigenvalue weighted by Crippen LogP contribution is -2.36. The second kappa shape index (κ2) is 7.42. The molecule has 6 heteroatoms. The van der Waals surface area contributed by atoms with Gasteiger partial charge in [-0.2, -0.15) is 0 Å². The molecule has 0 spiro atoms. The number of aryl methyl sites for hydroxylation is 1. The Morgan fingerprint density at radius 1 is 1.21 bits per heavy atom. The summed E-state index contributed by atoms with van der Waals surface area (Å²) >= 11 is 0. The molecule has 128 valence electrons. The summed E-state index contributed by atoms with van der Waals surface area (Å²) in [6.07, 6.45) is 5.09. The quantitative estimate of drug-likeness (QED) is 0.904. The maximum absolute atomic E-state index is 12.8. The Hall–Kier alpha value is -1.76. The second-order valence-electron chi connectivity index (χ2n) is 6.15. The van der Waals surface area contributed by atoms with Gasteiger partial charge in [0, 0.05) is 25.6 Å². The Morgan fingerprint density at radius 2 is 2.00 bits per heavy atom. The molecule has 1 aromatic carbocycles. The van der Waals surface area contributed by atoms with E-state index in [4.69, 9.17) is 4.74 Å². The molecule has 24 heavy (non-hydrogen) atoms. The van der Waals surface area contributed by atoms with Gasteiger partial charge in [0.15, 0.2) is 0 Å². The molecule has 0 saturated carbocycles. The minimum Gasteiger partial charge on any atom is -0.381 e. The van der Waals surface area contributed by atoms with Crippen LogP contribution in [0.15, 0.2) is 53.7 Å². The van der Waals surface area contributed by atoms with Gasteiger partial charge in [0.1, 0.15) is 0 Å². The number of nitrogens with one attached hydrogen (secondary N) is 1. The van der Waals surface area contributed by atoms with Gasteiger partial charge in [-0.15, -0.1) is 0 Å². The number of aromatic nitrogens is 1. The number of hydrogen-bond acceptors (Lipinski definition) is 4. The molecule has 3 rings (SSSR count). The molecule has 2 aromatic rings. The maximum atomic E-state index is 12.8. The van der Waals surface area contributed by atoms with Crippen molar-refractivity contribution in [2.45, 2.75) is 30.7 Å². The lowest BCUT2D eigenvalue weighted by Gasteiger charge is -2.31. The molecule has 1 atom stereocenters. The van der Waals surface area contributed by atoms with Gasteiger partial charge in [-0.3, -0.25) is 4.98 Å². The number of rotatable bonds is 5. The van der Waals surface area contributed by atoms with Crippen LogP contribution in [0.2, 0.25) is 0 Å². The smallest absolute Gasteiger partial charge is 0.241 e. The number of pyridine rings is 1. The average molecular weight is 346 g/mol. The van der Waals surface area contributed by atoms with E-state index in [1.165, 1.54) is 0 Å². The van der Waals surface area contributed by atoms with E-state index >= 15 is 0 Å². The van der Waals surface area contributed by atoms with Crippen molar-refractivity contribution < 1.29 is 13.2 Å². The van der Waals surface area contributed by atoms with Crippen molar-refractivity contribution in [3.8, 4) is 0 Å². The van der Waals surface area contributed by atoms with Crippen LogP contribution in [0.1, 0.15) is 30.0 Å². The van der Waals surface area contributed by atoms with Gasteiger partial charge in [0.2, 0.25) is 10.0 Å². The topological polar surface area (TPSA) is 68.3 Å². The average Bonchev–Trinajstić information content (AvgIpc) is 2.61. The molecule has 0 unspecified atom stereocenters. The molecule has 5 nitrogen and oxygen atoms in total. The summed E-state index contributed by atoms with van der Waals surface area (Å²) in [6, 6.07) is 10.4. The van der Waals surface area contributed by atoms with Gasteiger partial charge in [0.05, 0.1) is 10.9 Å². The van der Waals surface area contributed by atoms with Crippen molar-refractivity contribution in [1.82, 2.24) is 9.71 Å². The number of sulfonamides is 1. The van der Waals surface area contributed by atoms with Gasteiger partial charge in [-0.25, -0.2) is 13.1 Å². The summed E-state index contributed by atoms with van der Waals surface area (Å²) in [4.78, 5) is 4.45. The summed E-state index contributed by atoms with van der Waals surface area (Å²) in [7, 11) is -3.60. The summed E-state index contributed by atoms with van der Waals surface area (Å²) in [5, 5.41) is 0. The van der Waals surface area contributed by atoms with Crippen molar-refractivity contribution in [1.29, 1.82) is 0 Å². The lowest BCUT2D eigenvalue weighted by molar-refractivity contribution is 0.0564. The highest BCUT2D eigenvalue weighted by Gasteiger charge is 2.30. The molecule has 1 aliphatic heterocycles. The third kappa shape index (κ3) is 4.01. The molecular formula is C18H22N2O3S. The Labute approximate surface area is 143 Å². The molecule has 0 amide bonds. The third-order valence-electron chi connectivity index (χ3n) is 4.36. The summed E-state index contributed by atoms with van der Waals surface area (Å²) in [6.45, 7) is 3.21. The number of hydrogen-bond donors (Lipinski definition) is 1. The number of nitrogens with zero attached hydrogens (tertiary/aromatic N) is 1. The largest absolute Gasteiger partial charge is 0.381 e. The molecule has 0 bridgehead atoms. The fourth-order valence-electron chi connectivity index (χ4n) is 3.06. The van der Waals surface area contributed by atoms with E-state index in [0.29, 0.717) is 18.1 Å². The van der Waals surface area contributed by atoms with Crippen molar-refractivity contribution in [3.63, 3.8) is 0 Å². The predicted molar refractivity (Wildman–Crippen MR) is 92.0 cm³/mol. The standard InChI is InChI=1S/C18H22N2O3S/c1-14-4-2-6-17(12-14)24(21,22)20-18(15-7-10-23-11-8-15)16-5-3-9-19-13-16/h2-6,9,12-13,15,18,20H,7-8,10-11H2,1H3/t18-/m1/s1. The fraction of sp³-hybridized carbons (Fsp3) is 0.389. The highest BCUT2D eigenvalue weighted by Crippen LogP contribution is 2.31. The number of ether oxygens (including phenoxy) is 1. The van der Waals surface area contributed by atoms with Crippen molar-refractivity contribution in [2.75, 3.05) is 13.2 Å². The van der Waals surface area contributed by atoms with E-state index < -0.39 is 10.0 Å². The Morgan fingerprint density at radius 3 is 2.67 bits per heavy atom. The van der Waals surface area contributed by atoms with E-state index in [2.05, 4.69) is 9.71 Å². The van der Waals surface area contributed by atoms with Crippen LogP contribution >= 0.6 is 0 Å². The first-order valence-corrected chi connectivity index (χ1v) is 9.61. The third-order valence-corrected chi connectivity index (χ3v) is 5.80. The zero-order chi connectivity index (χ0) is 17.0. The normalized spacial score (nSPS) is 17.5. The lowest BCUT2D eigenvalue weighted by atomic mass is 9.88. The molecule has 1 saturated heterocycles. The molecule has 2 heterocycles. The van der Waals surface area contributed by atoms with E-state index in [9.17, 15) is 8.42 Å². The van der Waals surface area contributed by atoms with Crippen LogP contribution < -0.4 is 4.72 Å². The molecule has 1 aromatic heterocycles. The van der Waals surface area contributed by atoms with Crippen molar-refractivity contribution in [2.24, 2.45) is 5.92 Å². The second-order valence-corrected chi connectivity index (χ2v) is 7.87. The van der Waals surface area contributed by atoms with E-state index in [-0.39, 0.29) is 12.0 Å². The highest BCUT2D eigenvalue weighted by atomic mass is 32.2. The van der Waals surface area contributed by atoms with Gasteiger partial charge in [-0.1, -0.05) is 18.2 Å². The minimum atomic E-state index is -3.60. The Kier molecular flexibility index (Phi) is 5.28. The maximum Gasteiger partial charge on any atom is 0.241 e. The van der Waals surface area contributed by atoms with Crippen LogP contribution in [0.5, 0.6) is 0 Å². The van der Waals surface area contributed by atoms with Gasteiger partial charge >= 0.3 is 0 Å². The number of benzene rings is 1. The van der Waals surface area contributed by atoms with E-state index in [0.717, 1.165) is 24.0 Å². The highest BCUT2D eigenvalue weighted by molar-refractivity contribution is 7.89. The van der Waals surface area contributed by atoms with Crippen LogP contribution in [0.4, 0.5) is 0 Å². The molecule has 1 fully saturated rings. The molecular weight excluding hydrogens is 324 g/mol. The van der Waals surface area contributed by atoms with Gasteiger partial charge in [-0.05, 0) is 55.0 Å². The fourth-order valence-corrected chi connectivity index (χ4v) is 4.46. The first kappa shape index (κ1) is 17.1. The minimum absolute atomic E-state index is 0.197. The first-order chi connectivity index (χ1) is 11.6. The monoisotopic (exact) mass is 346 g/mol. The SMILES string of the molecule is Cc1cccc(S(=O)(=O)N[C@@H](c2cccnc2)C2CCOCC2)c1. The Bertz CT molecular complexity index is 772. The van der Waals surface area contributed by atoms with Crippen LogP contribution in [0.25, 0.3) is 0 Å². The van der Waals surface area contributed by atoms with Crippen LogP contribution in [-0.4, -0.2) is 26.6 Å². The predicted octanol–water partition coefficient (Wildman–Crippen LogP) is 2.84. The van der Waals surface area contributed by atoms with Crippen LogP contribution in [0.3, 0.4) is 0 Å². The zero-order valence-electron chi connectivity index (χ0n) is 13.7. The molecule has 1 aliphatic rings. The zero-order valence-corrected chi connectivity index (χ0v) is 14.5. The van der Waals surface area contributed by atoms with Crippen LogP contribution in [-0.2, 0) is 14.8 Å². The van der Waals surface area contributed by atoms with Crippen molar-refractivity contribution in [3.05, 3.63) is 59.9 Å². The summed E-state index contributed by atoms with van der Waals surface area (Å²) in [5.41, 5.74) is 1.81. The van der Waals surface area contributed by atoms with Gasteiger partial charge < -0.3 is 4.74 Å². The van der Waals surface area contributed by atoms with Crippen molar-refractivity contribution >= 4 is 10.0 Å². The first-order valence-electron chi connectivity index (χ1n) is 8.13. The summed E-state index contributed by atoms with van der Waals surface area (Å²) < 4.78 is 34.0. The van der Waals surface area contributed by atoms with E-state index in [1.54, 1.807) is 30.6 Å². The van der Waals surface area contributed by atoms with Crippen LogP contribution in [0, 0.1) is 12.8 Å². The Balaban J connectivity index is 1.91. The van der Waals surface area contributed by atoms with E-state index in [1.807, 2.05) is 25.1 Å². The van der Waals surface area contributed by atoms with Gasteiger partial charge in [0.25, 0.3) is 0 Å². The summed E-state index contributed by atoms with van der Waals surface area (Å²) in [5.74, 6) is 0.197. The molecule has 0 radical (unpaired) electrons.